The van der Waals surface area contributed by atoms with Gasteiger partial charge >= 0.3 is 6.03 Å². The molecule has 0 spiro atoms. The summed E-state index contributed by atoms with van der Waals surface area (Å²) in [4.78, 5) is 15.3. The lowest BCUT2D eigenvalue weighted by Crippen LogP contribution is -2.29. The number of nitrogens with one attached hydrogen (secondary N) is 4. The van der Waals surface area contributed by atoms with Crippen LogP contribution >= 0.6 is 0 Å². The number of amides is 2. The summed E-state index contributed by atoms with van der Waals surface area (Å²) in [6.07, 6.45) is 5.33. The van der Waals surface area contributed by atoms with E-state index in [4.69, 9.17) is 0 Å². The lowest BCUT2D eigenvalue weighted by atomic mass is 10.1. The van der Waals surface area contributed by atoms with E-state index in [1.807, 2.05) is 11.6 Å². The second kappa shape index (κ2) is 8.81. The number of benzene rings is 2. The quantitative estimate of drug-likeness (QED) is 0.310. The van der Waals surface area contributed by atoms with Crippen molar-refractivity contribution in [3.05, 3.63) is 71.5 Å². The highest BCUT2D eigenvalue weighted by Crippen LogP contribution is 2.36. The number of carbonyl (C=O) groups excluding carboxylic acids is 1. The second-order valence-electron chi connectivity index (χ2n) is 8.44. The summed E-state index contributed by atoms with van der Waals surface area (Å²) < 4.78 is 30.4. The second-order valence-corrected chi connectivity index (χ2v) is 10.1. The number of fused-ring (bicyclic) bond motifs is 1. The average molecular weight is 490 g/mol. The van der Waals surface area contributed by atoms with E-state index in [1.54, 1.807) is 42.7 Å². The molecule has 5 rings (SSSR count). The molecule has 2 aromatic heterocycles. The van der Waals surface area contributed by atoms with Crippen molar-refractivity contribution in [1.29, 1.82) is 5.26 Å². The molecule has 2 heterocycles. The summed E-state index contributed by atoms with van der Waals surface area (Å²) >= 11 is 0. The van der Waals surface area contributed by atoms with Gasteiger partial charge in [0.1, 0.15) is 11.9 Å². The van der Waals surface area contributed by atoms with E-state index in [-0.39, 0.29) is 17.5 Å². The van der Waals surface area contributed by atoms with Crippen molar-refractivity contribution in [2.24, 2.45) is 0 Å². The summed E-state index contributed by atoms with van der Waals surface area (Å²) in [5.41, 5.74) is 2.99. The van der Waals surface area contributed by atoms with E-state index < -0.39 is 10.0 Å². The van der Waals surface area contributed by atoms with Gasteiger partial charge in [-0.3, -0.25) is 10.0 Å². The van der Waals surface area contributed by atoms with Crippen LogP contribution in [0, 0.1) is 18.3 Å². The summed E-state index contributed by atoms with van der Waals surface area (Å²) in [7, 11) is -3.87. The van der Waals surface area contributed by atoms with E-state index >= 15 is 0 Å². The molecule has 2 aromatic carbocycles. The summed E-state index contributed by atoms with van der Waals surface area (Å²) in [6.45, 7) is 2.10. The fraction of sp³-hybridized carbons (Fsp3) is 0.208. The minimum Gasteiger partial charge on any atom is -0.358 e. The van der Waals surface area contributed by atoms with Gasteiger partial charge in [0.15, 0.2) is 0 Å². The average Bonchev–Trinajstić information content (AvgIpc) is 3.42. The van der Waals surface area contributed by atoms with E-state index in [0.717, 1.165) is 24.0 Å². The smallest absolute Gasteiger partial charge is 0.320 e. The number of aromatic amines is 1. The van der Waals surface area contributed by atoms with Crippen LogP contribution in [0.1, 0.15) is 35.6 Å². The fourth-order valence-electron chi connectivity index (χ4n) is 3.95. The molecule has 0 unspecified atom stereocenters. The van der Waals surface area contributed by atoms with Crippen molar-refractivity contribution in [3.8, 4) is 6.07 Å². The molecule has 10 nitrogen and oxygen atoms in total. The Kier molecular flexibility index (Phi) is 5.66. The van der Waals surface area contributed by atoms with E-state index in [9.17, 15) is 18.5 Å². The lowest BCUT2D eigenvalue weighted by Gasteiger charge is -2.12. The largest absolute Gasteiger partial charge is 0.358 e. The van der Waals surface area contributed by atoms with Gasteiger partial charge in [-0.15, -0.1) is 0 Å². The minimum absolute atomic E-state index is 0.0832. The number of aryl methyl sites for hydroxylation is 1. The maximum atomic E-state index is 13.0. The number of hydrogen-bond acceptors (Lipinski definition) is 5. The van der Waals surface area contributed by atoms with Crippen molar-refractivity contribution in [2.75, 3.05) is 10.0 Å². The molecule has 178 valence electrons. The van der Waals surface area contributed by atoms with Crippen molar-refractivity contribution in [1.82, 2.24) is 20.1 Å². The minimum atomic E-state index is -3.87. The Bertz CT molecular complexity index is 1560. The fourth-order valence-corrected chi connectivity index (χ4v) is 5.02. The standard InChI is InChI=1S/C24H23N7O3S/c1-15-2-9-20(23-22(15)17(12-25)14-26-23)30-35(33,34)19-7-3-16(4-8-19)13-27-24(32)29-21-10-11-28-31(21)18-5-6-18/h2-4,7-11,14,18,26,30H,5-6,13H2,1H3,(H2,27,29,32). The first kappa shape index (κ1) is 22.5. The van der Waals surface area contributed by atoms with E-state index in [1.165, 1.54) is 12.1 Å². The van der Waals surface area contributed by atoms with Crippen molar-refractivity contribution >= 4 is 38.5 Å². The van der Waals surface area contributed by atoms with Crippen molar-refractivity contribution in [2.45, 2.75) is 37.2 Å². The number of rotatable bonds is 7. The Morgan fingerprint density at radius 2 is 1.97 bits per heavy atom. The number of urea groups is 1. The number of aromatic nitrogens is 3. The normalized spacial score (nSPS) is 13.4. The van der Waals surface area contributed by atoms with Gasteiger partial charge < -0.3 is 10.3 Å². The van der Waals surface area contributed by atoms with Gasteiger partial charge in [0.25, 0.3) is 10.0 Å². The van der Waals surface area contributed by atoms with Gasteiger partial charge in [-0.05, 0) is 49.1 Å². The van der Waals surface area contributed by atoms with Crippen LogP contribution in [0.4, 0.5) is 16.3 Å². The third kappa shape index (κ3) is 4.56. The SMILES string of the molecule is Cc1ccc(NS(=O)(=O)c2ccc(CNC(=O)Nc3ccnn3C3CC3)cc2)c2[nH]cc(C#N)c12. The highest BCUT2D eigenvalue weighted by Gasteiger charge is 2.26. The monoisotopic (exact) mass is 489 g/mol. The number of sulfonamides is 1. The molecule has 4 N–H and O–H groups in total. The molecule has 0 aliphatic heterocycles. The van der Waals surface area contributed by atoms with Crippen LogP contribution in [0.25, 0.3) is 10.9 Å². The van der Waals surface area contributed by atoms with E-state index in [0.29, 0.717) is 34.0 Å². The molecule has 0 radical (unpaired) electrons. The Hall–Kier alpha value is -4.30. The number of H-pyrrole nitrogens is 1. The number of anilines is 2. The molecule has 0 atom stereocenters. The van der Waals surface area contributed by atoms with Gasteiger partial charge in [-0.2, -0.15) is 10.4 Å². The van der Waals surface area contributed by atoms with Crippen LogP contribution in [0.2, 0.25) is 0 Å². The molecule has 35 heavy (non-hydrogen) atoms. The van der Waals surface area contributed by atoms with Gasteiger partial charge in [-0.1, -0.05) is 18.2 Å². The predicted molar refractivity (Wildman–Crippen MR) is 131 cm³/mol. The molecule has 1 fully saturated rings. The van der Waals surface area contributed by atoms with Gasteiger partial charge in [0.05, 0.1) is 33.9 Å². The van der Waals surface area contributed by atoms with Crippen LogP contribution in [-0.2, 0) is 16.6 Å². The first-order chi connectivity index (χ1) is 16.9. The predicted octanol–water partition coefficient (Wildman–Crippen LogP) is 4.00. The van der Waals surface area contributed by atoms with E-state index in [2.05, 4.69) is 31.5 Å². The number of carbonyl (C=O) groups is 1. The van der Waals surface area contributed by atoms with Crippen LogP contribution in [-0.4, -0.2) is 29.2 Å². The topological polar surface area (TPSA) is 145 Å². The van der Waals surface area contributed by atoms with Gasteiger partial charge in [-0.25, -0.2) is 17.9 Å². The summed E-state index contributed by atoms with van der Waals surface area (Å²) in [6, 6.07) is 13.6. The van der Waals surface area contributed by atoms with Crippen molar-refractivity contribution in [3.63, 3.8) is 0 Å². The highest BCUT2D eigenvalue weighted by atomic mass is 32.2. The molecular weight excluding hydrogens is 466 g/mol. The van der Waals surface area contributed by atoms with Crippen molar-refractivity contribution < 1.29 is 13.2 Å². The van der Waals surface area contributed by atoms with Crippen LogP contribution < -0.4 is 15.4 Å². The van der Waals surface area contributed by atoms with Crippen LogP contribution in [0.5, 0.6) is 0 Å². The zero-order chi connectivity index (χ0) is 24.6. The zero-order valence-corrected chi connectivity index (χ0v) is 19.7. The zero-order valence-electron chi connectivity index (χ0n) is 18.9. The number of nitriles is 1. The van der Waals surface area contributed by atoms with Crippen LogP contribution in [0.15, 0.2) is 59.8 Å². The summed E-state index contributed by atoms with van der Waals surface area (Å²) in [5.74, 6) is 0.645. The Labute approximate surface area is 202 Å². The molecule has 2 amide bonds. The number of nitrogens with zero attached hydrogens (tertiary/aromatic N) is 3. The maximum absolute atomic E-state index is 13.0. The Balaban J connectivity index is 1.24. The molecule has 1 aliphatic rings. The first-order valence-corrected chi connectivity index (χ1v) is 12.5. The highest BCUT2D eigenvalue weighted by molar-refractivity contribution is 7.92. The Morgan fingerprint density at radius 3 is 2.69 bits per heavy atom. The molecule has 1 saturated carbocycles. The number of hydrogen-bond donors (Lipinski definition) is 4. The summed E-state index contributed by atoms with van der Waals surface area (Å²) in [5, 5.41) is 19.8. The molecule has 4 aromatic rings. The molecule has 11 heteroatoms. The third-order valence-corrected chi connectivity index (χ3v) is 7.28. The van der Waals surface area contributed by atoms with Crippen LogP contribution in [0.3, 0.4) is 0 Å². The molecule has 0 bridgehead atoms. The first-order valence-electron chi connectivity index (χ1n) is 11.1. The molecule has 0 saturated heterocycles. The van der Waals surface area contributed by atoms with Gasteiger partial charge in [0, 0.05) is 24.2 Å². The third-order valence-electron chi connectivity index (χ3n) is 5.90. The maximum Gasteiger partial charge on any atom is 0.320 e. The Morgan fingerprint density at radius 1 is 1.20 bits per heavy atom. The lowest BCUT2D eigenvalue weighted by molar-refractivity contribution is 0.251. The van der Waals surface area contributed by atoms with Gasteiger partial charge in [0.2, 0.25) is 0 Å². The molecular formula is C24H23N7O3S. The molecule has 1 aliphatic carbocycles.